The van der Waals surface area contributed by atoms with Crippen molar-refractivity contribution in [3.63, 3.8) is 0 Å². The molecule has 12 rings (SSSR count). The Bertz CT molecular complexity index is 2860. The SMILES string of the molecule is CC1(C)c2ccccc2-c2c1cc1c3c2-c2cccc4c5c6ccccc6ccc5n(c24)B3c2cccc3c2N1c1ccccc1[Si]3(C)C. The number of nitrogens with zero attached hydrogens (tertiary/aromatic N) is 2. The number of anilines is 3. The third-order valence-electron chi connectivity index (χ3n) is 12.7. The predicted molar refractivity (Wildman–Crippen MR) is 212 cm³/mol. The Balaban J connectivity index is 1.35. The van der Waals surface area contributed by atoms with Crippen LogP contribution in [0.15, 0.2) is 127 Å². The number of fused-ring (bicyclic) bond motifs is 15. The summed E-state index contributed by atoms with van der Waals surface area (Å²) in [6, 6.07) is 49.1. The van der Waals surface area contributed by atoms with Gasteiger partial charge in [-0.2, -0.15) is 0 Å². The predicted octanol–water partition coefficient (Wildman–Crippen LogP) is 8.81. The Morgan fingerprint density at radius 2 is 1.35 bits per heavy atom. The fraction of sp³-hybridized carbons (Fsp3) is 0.111. The first-order valence-corrected chi connectivity index (χ1v) is 20.7. The van der Waals surface area contributed by atoms with Crippen molar-refractivity contribution in [1.82, 2.24) is 4.48 Å². The lowest BCUT2D eigenvalue weighted by molar-refractivity contribution is 0.660. The van der Waals surface area contributed by atoms with E-state index in [1.807, 2.05) is 0 Å². The van der Waals surface area contributed by atoms with E-state index >= 15 is 0 Å². The standard InChI is InChI=1S/C45H33BN2Si/c1-45(2)31-18-8-7-15-28(31)40-32(45)25-36-42-41(40)30-17-11-16-29-39-27-14-6-5-13-26(27)23-24-35(39)48(43(29)30)46(42)33-19-12-22-38-44(33)47(36)34-20-9-10-21-37(34)49(38,3)4/h5-25H,1-4H3. The summed E-state index contributed by atoms with van der Waals surface area (Å²) in [4.78, 5) is 2.68. The van der Waals surface area contributed by atoms with Gasteiger partial charge in [0.25, 0.3) is 0 Å². The number of benzene rings is 7. The quantitative estimate of drug-likeness (QED) is 0.151. The Morgan fingerprint density at radius 3 is 2.27 bits per heavy atom. The fourth-order valence-corrected chi connectivity index (χ4v) is 13.6. The summed E-state index contributed by atoms with van der Waals surface area (Å²) in [6.45, 7) is 10.0. The summed E-state index contributed by atoms with van der Waals surface area (Å²) >= 11 is 0. The molecule has 230 valence electrons. The van der Waals surface area contributed by atoms with Gasteiger partial charge in [-0.1, -0.05) is 136 Å². The summed E-state index contributed by atoms with van der Waals surface area (Å²) in [5.74, 6) is 0. The Morgan fingerprint density at radius 1 is 0.612 bits per heavy atom. The lowest BCUT2D eigenvalue weighted by Crippen LogP contribution is -2.65. The van der Waals surface area contributed by atoms with Crippen molar-refractivity contribution in [3.8, 4) is 22.3 Å². The van der Waals surface area contributed by atoms with Gasteiger partial charge >= 0.3 is 6.85 Å². The van der Waals surface area contributed by atoms with Gasteiger partial charge in [0.2, 0.25) is 0 Å². The molecular weight excluding hydrogens is 607 g/mol. The second-order valence-electron chi connectivity index (χ2n) is 15.7. The van der Waals surface area contributed by atoms with E-state index in [9.17, 15) is 0 Å². The topological polar surface area (TPSA) is 8.17 Å². The molecule has 4 heteroatoms. The maximum Gasteiger partial charge on any atom is 0.333 e. The van der Waals surface area contributed by atoms with E-state index < -0.39 is 8.07 Å². The van der Waals surface area contributed by atoms with E-state index in [4.69, 9.17) is 0 Å². The molecule has 2 nitrogen and oxygen atoms in total. The van der Waals surface area contributed by atoms with Crippen LogP contribution in [0, 0.1) is 0 Å². The number of hydrogen-bond donors (Lipinski definition) is 0. The van der Waals surface area contributed by atoms with Crippen LogP contribution in [0.1, 0.15) is 25.0 Å². The fourth-order valence-electron chi connectivity index (χ4n) is 10.6. The zero-order chi connectivity index (χ0) is 32.6. The largest absolute Gasteiger partial charge is 0.375 e. The molecule has 3 aliphatic heterocycles. The van der Waals surface area contributed by atoms with Crippen molar-refractivity contribution < 1.29 is 0 Å². The second kappa shape index (κ2) is 8.45. The Hall–Kier alpha value is -5.32. The summed E-state index contributed by atoms with van der Waals surface area (Å²) in [5, 5.41) is 8.41. The lowest BCUT2D eigenvalue weighted by atomic mass is 9.44. The summed E-state index contributed by atoms with van der Waals surface area (Å²) in [6.07, 6.45) is 0. The zero-order valence-corrected chi connectivity index (χ0v) is 29.1. The smallest absolute Gasteiger partial charge is 0.333 e. The molecule has 0 saturated carbocycles. The van der Waals surface area contributed by atoms with E-state index in [2.05, 4.69) is 164 Å². The van der Waals surface area contributed by atoms with Crippen LogP contribution in [0.2, 0.25) is 13.1 Å². The minimum absolute atomic E-state index is 0.0588. The van der Waals surface area contributed by atoms with Gasteiger partial charge in [-0.25, -0.2) is 0 Å². The molecule has 0 N–H and O–H groups in total. The number of aromatic nitrogens is 1. The van der Waals surface area contributed by atoms with Crippen LogP contribution in [0.25, 0.3) is 54.8 Å². The minimum atomic E-state index is -2.01. The third kappa shape index (κ3) is 2.88. The van der Waals surface area contributed by atoms with E-state index in [0.717, 1.165) is 0 Å². The van der Waals surface area contributed by atoms with E-state index in [1.165, 1.54) is 104 Å². The first kappa shape index (κ1) is 26.6. The van der Waals surface area contributed by atoms with Gasteiger partial charge in [0.05, 0.1) is 0 Å². The molecule has 0 amide bonds. The van der Waals surface area contributed by atoms with Crippen molar-refractivity contribution >= 4 is 85.9 Å². The molecule has 0 fully saturated rings. The van der Waals surface area contributed by atoms with Gasteiger partial charge in [0, 0.05) is 49.8 Å². The van der Waals surface area contributed by atoms with E-state index in [0.29, 0.717) is 0 Å². The summed E-state index contributed by atoms with van der Waals surface area (Å²) < 4.78 is 2.73. The van der Waals surface area contributed by atoms with Gasteiger partial charge in [-0.3, -0.25) is 0 Å². The lowest BCUT2D eigenvalue weighted by Gasteiger charge is -2.48. The van der Waals surface area contributed by atoms with Crippen LogP contribution in [0.3, 0.4) is 0 Å². The minimum Gasteiger partial charge on any atom is -0.375 e. The third-order valence-corrected chi connectivity index (χ3v) is 16.2. The molecule has 7 aromatic carbocycles. The highest BCUT2D eigenvalue weighted by Crippen LogP contribution is 2.57. The van der Waals surface area contributed by atoms with Crippen LogP contribution in [-0.2, 0) is 5.41 Å². The first-order valence-electron chi connectivity index (χ1n) is 17.7. The molecule has 0 atom stereocenters. The van der Waals surface area contributed by atoms with Crippen LogP contribution < -0.4 is 26.2 Å². The van der Waals surface area contributed by atoms with Gasteiger partial charge in [-0.05, 0) is 78.1 Å². The summed E-state index contributed by atoms with van der Waals surface area (Å²) in [7, 11) is -2.01. The number of hydrogen-bond acceptors (Lipinski definition) is 1. The molecule has 0 unspecified atom stereocenters. The molecular formula is C45H33BN2Si. The first-order chi connectivity index (χ1) is 23.9. The maximum atomic E-state index is 2.73. The molecule has 0 radical (unpaired) electrons. The van der Waals surface area contributed by atoms with Crippen molar-refractivity contribution in [2.24, 2.45) is 0 Å². The monoisotopic (exact) mass is 640 g/mol. The highest BCUT2D eigenvalue weighted by molar-refractivity contribution is 7.04. The average Bonchev–Trinajstić information content (AvgIpc) is 3.58. The van der Waals surface area contributed by atoms with Crippen molar-refractivity contribution in [2.75, 3.05) is 4.90 Å². The molecule has 1 aliphatic carbocycles. The molecule has 4 aliphatic rings. The van der Waals surface area contributed by atoms with Crippen LogP contribution in [0.4, 0.5) is 17.1 Å². The molecule has 0 bridgehead atoms. The molecule has 4 heterocycles. The zero-order valence-electron chi connectivity index (χ0n) is 28.1. The van der Waals surface area contributed by atoms with Gasteiger partial charge < -0.3 is 9.38 Å². The van der Waals surface area contributed by atoms with Crippen molar-refractivity contribution in [3.05, 3.63) is 139 Å². The van der Waals surface area contributed by atoms with E-state index in [-0.39, 0.29) is 12.3 Å². The molecule has 0 saturated heterocycles. The maximum absolute atomic E-state index is 2.73. The van der Waals surface area contributed by atoms with Crippen LogP contribution in [0.5, 0.6) is 0 Å². The van der Waals surface area contributed by atoms with Crippen molar-refractivity contribution in [1.29, 1.82) is 0 Å². The molecule has 1 aromatic heterocycles. The highest BCUT2D eigenvalue weighted by atomic mass is 28.3. The van der Waals surface area contributed by atoms with Gasteiger partial charge in [0.15, 0.2) is 0 Å². The molecule has 8 aromatic rings. The average molecular weight is 641 g/mol. The molecule has 49 heavy (non-hydrogen) atoms. The normalized spacial score (nSPS) is 16.4. The van der Waals surface area contributed by atoms with Crippen LogP contribution in [-0.4, -0.2) is 19.4 Å². The Kier molecular flexibility index (Phi) is 4.59. The van der Waals surface area contributed by atoms with Crippen LogP contribution >= 0.6 is 0 Å². The molecule has 0 spiro atoms. The van der Waals surface area contributed by atoms with Crippen molar-refractivity contribution in [2.45, 2.75) is 32.4 Å². The van der Waals surface area contributed by atoms with Gasteiger partial charge in [-0.15, -0.1) is 0 Å². The highest BCUT2D eigenvalue weighted by Gasteiger charge is 2.51. The summed E-state index contributed by atoms with van der Waals surface area (Å²) in [5.41, 5.74) is 18.0. The number of para-hydroxylation sites is 3. The second-order valence-corrected chi connectivity index (χ2v) is 20.0. The Labute approximate surface area is 287 Å². The number of rotatable bonds is 0. The van der Waals surface area contributed by atoms with E-state index in [1.54, 1.807) is 0 Å². The van der Waals surface area contributed by atoms with Gasteiger partial charge in [0.1, 0.15) is 8.07 Å².